The topological polar surface area (TPSA) is 38.8 Å². The van der Waals surface area contributed by atoms with Gasteiger partial charge in [0.25, 0.3) is 0 Å². The van der Waals surface area contributed by atoms with Gasteiger partial charge < -0.3 is 14.4 Å². The van der Waals surface area contributed by atoms with Crippen molar-refractivity contribution in [3.63, 3.8) is 0 Å². The summed E-state index contributed by atoms with van der Waals surface area (Å²) in [6.45, 7) is 3.38. The second-order valence-electron chi connectivity index (χ2n) is 5.72. The number of carbonyl (C=O) groups excluding carboxylic acids is 1. The number of carbonyl (C=O) groups is 1. The third-order valence-corrected chi connectivity index (χ3v) is 4.09. The van der Waals surface area contributed by atoms with E-state index in [-0.39, 0.29) is 18.5 Å². The lowest BCUT2D eigenvalue weighted by atomic mass is 10.1. The van der Waals surface area contributed by atoms with Gasteiger partial charge in [-0.3, -0.25) is 4.79 Å². The Morgan fingerprint density at radius 1 is 1.08 bits per heavy atom. The number of aryl methyl sites for hydroxylation is 1. The summed E-state index contributed by atoms with van der Waals surface area (Å²) < 4.78 is 23.6. The van der Waals surface area contributed by atoms with Crippen LogP contribution in [0.3, 0.4) is 0 Å². The van der Waals surface area contributed by atoms with E-state index in [1.54, 1.807) is 17.0 Å². The molecule has 5 heteroatoms. The largest absolute Gasteiger partial charge is 0.454 e. The summed E-state index contributed by atoms with van der Waals surface area (Å²) in [7, 11) is 0. The van der Waals surface area contributed by atoms with Crippen LogP contribution in [0.5, 0.6) is 11.5 Å². The molecule has 0 aromatic heterocycles. The number of amides is 1. The predicted molar refractivity (Wildman–Crippen MR) is 88.4 cm³/mol. The average molecular weight is 329 g/mol. The summed E-state index contributed by atoms with van der Waals surface area (Å²) in [6, 6.07) is 12.0. The molecule has 1 amide bonds. The van der Waals surface area contributed by atoms with Crippen LogP contribution < -0.4 is 9.47 Å². The maximum atomic E-state index is 12.9. The molecule has 1 aliphatic rings. The Hall–Kier alpha value is -2.56. The SMILES string of the molecule is CCN(Cc1ccc2c(c1)OCO2)C(=O)CCc1ccc(F)cc1. The van der Waals surface area contributed by atoms with Gasteiger partial charge in [-0.2, -0.15) is 0 Å². The van der Waals surface area contributed by atoms with Crippen molar-refractivity contribution >= 4 is 5.91 Å². The summed E-state index contributed by atoms with van der Waals surface area (Å²) in [4.78, 5) is 14.3. The molecule has 2 aromatic rings. The average Bonchev–Trinajstić information content (AvgIpc) is 3.06. The molecule has 2 aromatic carbocycles. The summed E-state index contributed by atoms with van der Waals surface area (Å²) >= 11 is 0. The summed E-state index contributed by atoms with van der Waals surface area (Å²) in [6.07, 6.45) is 1.01. The quantitative estimate of drug-likeness (QED) is 0.814. The van der Waals surface area contributed by atoms with Gasteiger partial charge in [0, 0.05) is 19.5 Å². The van der Waals surface area contributed by atoms with Gasteiger partial charge in [0.15, 0.2) is 11.5 Å². The number of hydrogen-bond acceptors (Lipinski definition) is 3. The Labute approximate surface area is 140 Å². The molecule has 0 bridgehead atoms. The Kier molecular flexibility index (Phi) is 4.99. The normalized spacial score (nSPS) is 12.2. The van der Waals surface area contributed by atoms with E-state index in [1.807, 2.05) is 25.1 Å². The van der Waals surface area contributed by atoms with Gasteiger partial charge >= 0.3 is 0 Å². The Balaban J connectivity index is 1.58. The van der Waals surface area contributed by atoms with Crippen LogP contribution in [0.4, 0.5) is 4.39 Å². The number of rotatable bonds is 6. The first kappa shape index (κ1) is 16.3. The zero-order valence-electron chi connectivity index (χ0n) is 13.6. The maximum Gasteiger partial charge on any atom is 0.231 e. The minimum Gasteiger partial charge on any atom is -0.454 e. The number of fused-ring (bicyclic) bond motifs is 1. The first-order chi connectivity index (χ1) is 11.7. The van der Waals surface area contributed by atoms with Crippen LogP contribution in [-0.4, -0.2) is 24.1 Å². The van der Waals surface area contributed by atoms with Gasteiger partial charge in [0.2, 0.25) is 12.7 Å². The van der Waals surface area contributed by atoms with Crippen molar-refractivity contribution in [1.82, 2.24) is 4.90 Å². The third-order valence-electron chi connectivity index (χ3n) is 4.09. The zero-order chi connectivity index (χ0) is 16.9. The van der Waals surface area contributed by atoms with Gasteiger partial charge in [-0.25, -0.2) is 4.39 Å². The van der Waals surface area contributed by atoms with Crippen LogP contribution in [0, 0.1) is 5.82 Å². The second-order valence-corrected chi connectivity index (χ2v) is 5.72. The van der Waals surface area contributed by atoms with Gasteiger partial charge in [-0.1, -0.05) is 18.2 Å². The first-order valence-corrected chi connectivity index (χ1v) is 8.06. The second kappa shape index (κ2) is 7.34. The Morgan fingerprint density at radius 3 is 2.54 bits per heavy atom. The van der Waals surface area contributed by atoms with E-state index in [4.69, 9.17) is 9.47 Å². The van der Waals surface area contributed by atoms with Gasteiger partial charge in [0.05, 0.1) is 0 Å². The minimum atomic E-state index is -0.261. The van der Waals surface area contributed by atoms with E-state index >= 15 is 0 Å². The molecule has 0 aliphatic carbocycles. The van der Waals surface area contributed by atoms with Crippen molar-refractivity contribution in [2.75, 3.05) is 13.3 Å². The van der Waals surface area contributed by atoms with Crippen LogP contribution in [0.25, 0.3) is 0 Å². The van der Waals surface area contributed by atoms with Crippen LogP contribution >= 0.6 is 0 Å². The zero-order valence-corrected chi connectivity index (χ0v) is 13.6. The molecule has 0 unspecified atom stereocenters. The number of nitrogens with zero attached hydrogens (tertiary/aromatic N) is 1. The molecule has 24 heavy (non-hydrogen) atoms. The minimum absolute atomic E-state index is 0.0829. The van der Waals surface area contributed by atoms with Gasteiger partial charge in [-0.05, 0) is 48.7 Å². The van der Waals surface area contributed by atoms with E-state index < -0.39 is 0 Å². The highest BCUT2D eigenvalue weighted by molar-refractivity contribution is 5.76. The number of benzene rings is 2. The molecule has 1 aliphatic heterocycles. The molecular formula is C19H20FNO3. The summed E-state index contributed by atoms with van der Waals surface area (Å²) in [5.74, 6) is 1.29. The maximum absolute atomic E-state index is 12.9. The molecule has 1 heterocycles. The molecule has 3 rings (SSSR count). The van der Waals surface area contributed by atoms with E-state index in [0.29, 0.717) is 25.9 Å². The molecule has 0 N–H and O–H groups in total. The number of hydrogen-bond donors (Lipinski definition) is 0. The fraction of sp³-hybridized carbons (Fsp3) is 0.316. The molecule has 0 spiro atoms. The van der Waals surface area contributed by atoms with Crippen molar-refractivity contribution in [3.8, 4) is 11.5 Å². The lowest BCUT2D eigenvalue weighted by Crippen LogP contribution is -2.30. The highest BCUT2D eigenvalue weighted by Gasteiger charge is 2.16. The predicted octanol–water partition coefficient (Wildman–Crippen LogP) is 3.54. The van der Waals surface area contributed by atoms with Gasteiger partial charge in [0.1, 0.15) is 5.82 Å². The van der Waals surface area contributed by atoms with E-state index in [0.717, 1.165) is 22.6 Å². The highest BCUT2D eigenvalue weighted by Crippen LogP contribution is 2.32. The number of ether oxygens (including phenoxy) is 2. The fourth-order valence-electron chi connectivity index (χ4n) is 2.70. The van der Waals surface area contributed by atoms with Crippen molar-refractivity contribution in [3.05, 3.63) is 59.4 Å². The third kappa shape index (κ3) is 3.85. The van der Waals surface area contributed by atoms with Crippen LogP contribution in [0.2, 0.25) is 0 Å². The Bertz CT molecular complexity index is 715. The first-order valence-electron chi connectivity index (χ1n) is 8.06. The molecule has 0 fully saturated rings. The molecular weight excluding hydrogens is 309 g/mol. The lowest BCUT2D eigenvalue weighted by molar-refractivity contribution is -0.131. The van der Waals surface area contributed by atoms with Gasteiger partial charge in [-0.15, -0.1) is 0 Å². The van der Waals surface area contributed by atoms with Crippen molar-refractivity contribution in [2.45, 2.75) is 26.3 Å². The Morgan fingerprint density at radius 2 is 1.79 bits per heavy atom. The molecule has 0 radical (unpaired) electrons. The fourth-order valence-corrected chi connectivity index (χ4v) is 2.70. The molecule has 0 atom stereocenters. The lowest BCUT2D eigenvalue weighted by Gasteiger charge is -2.21. The number of halogens is 1. The van der Waals surface area contributed by atoms with E-state index in [9.17, 15) is 9.18 Å². The monoisotopic (exact) mass is 329 g/mol. The highest BCUT2D eigenvalue weighted by atomic mass is 19.1. The molecule has 4 nitrogen and oxygen atoms in total. The van der Waals surface area contributed by atoms with Crippen molar-refractivity contribution < 1.29 is 18.7 Å². The van der Waals surface area contributed by atoms with Crippen LogP contribution in [0.15, 0.2) is 42.5 Å². The smallest absolute Gasteiger partial charge is 0.231 e. The molecule has 0 saturated carbocycles. The van der Waals surface area contributed by atoms with E-state index in [1.165, 1.54) is 12.1 Å². The van der Waals surface area contributed by atoms with Crippen LogP contribution in [-0.2, 0) is 17.8 Å². The van der Waals surface area contributed by atoms with Crippen molar-refractivity contribution in [1.29, 1.82) is 0 Å². The van der Waals surface area contributed by atoms with E-state index in [2.05, 4.69) is 0 Å². The summed E-state index contributed by atoms with van der Waals surface area (Å²) in [5, 5.41) is 0. The van der Waals surface area contributed by atoms with Crippen molar-refractivity contribution in [2.24, 2.45) is 0 Å². The molecule has 126 valence electrons. The standard InChI is InChI=1S/C19H20FNO3/c1-2-21(12-15-5-9-17-18(11-15)24-13-23-17)19(22)10-6-14-3-7-16(20)8-4-14/h3-5,7-9,11H,2,6,10,12-13H2,1H3. The van der Waals surface area contributed by atoms with Crippen LogP contribution in [0.1, 0.15) is 24.5 Å². The summed E-state index contributed by atoms with van der Waals surface area (Å²) in [5.41, 5.74) is 1.97. The molecule has 0 saturated heterocycles.